The number of aliphatic hydroxyl groups excluding tert-OH is 1. The summed E-state index contributed by atoms with van der Waals surface area (Å²) in [5, 5.41) is 11.1. The van der Waals surface area contributed by atoms with Gasteiger partial charge in [0.05, 0.1) is 22.6 Å². The van der Waals surface area contributed by atoms with E-state index in [2.05, 4.69) is 15.0 Å². The molecule has 32 heavy (non-hydrogen) atoms. The van der Waals surface area contributed by atoms with Crippen LogP contribution in [-0.4, -0.2) is 31.7 Å². The van der Waals surface area contributed by atoms with E-state index in [1.807, 2.05) is 43.3 Å². The first-order valence-electron chi connectivity index (χ1n) is 10.3. The molecule has 2 N–H and O–H groups in total. The zero-order chi connectivity index (χ0) is 22.2. The van der Waals surface area contributed by atoms with E-state index in [9.17, 15) is 14.7 Å². The summed E-state index contributed by atoms with van der Waals surface area (Å²) in [6, 6.07) is 17.3. The monoisotopic (exact) mass is 424 g/mol. The highest BCUT2D eigenvalue weighted by Gasteiger charge is 2.48. The summed E-state index contributed by atoms with van der Waals surface area (Å²) >= 11 is 0. The number of amides is 1. The van der Waals surface area contributed by atoms with Crippen LogP contribution in [-0.2, 0) is 16.0 Å². The summed E-state index contributed by atoms with van der Waals surface area (Å²) in [7, 11) is 0. The Morgan fingerprint density at radius 2 is 1.84 bits per heavy atom. The van der Waals surface area contributed by atoms with Crippen molar-refractivity contribution in [3.63, 3.8) is 0 Å². The Bertz CT molecular complexity index is 1320. The SMILES string of the molecule is CCc1ccc(/C(O)=C2\C(=O)C(=O)N(c3nc4ccccc4[nH]3)C2c2cccnc2)cc1. The molecule has 2 aromatic carbocycles. The Morgan fingerprint density at radius 1 is 1.06 bits per heavy atom. The first-order chi connectivity index (χ1) is 15.6. The molecule has 1 fully saturated rings. The van der Waals surface area contributed by atoms with E-state index in [0.29, 0.717) is 16.6 Å². The Hall–Kier alpha value is -4.26. The number of benzene rings is 2. The second-order valence-electron chi connectivity index (χ2n) is 7.58. The molecule has 0 spiro atoms. The van der Waals surface area contributed by atoms with E-state index in [4.69, 9.17) is 0 Å². The van der Waals surface area contributed by atoms with Crippen LogP contribution in [0.5, 0.6) is 0 Å². The molecular formula is C25H20N4O3. The molecule has 7 nitrogen and oxygen atoms in total. The summed E-state index contributed by atoms with van der Waals surface area (Å²) in [5.74, 6) is -1.51. The van der Waals surface area contributed by atoms with Crippen molar-refractivity contribution in [3.8, 4) is 0 Å². The van der Waals surface area contributed by atoms with Crippen molar-refractivity contribution >= 4 is 34.4 Å². The molecule has 5 rings (SSSR count). The number of aromatic amines is 1. The molecule has 1 atom stereocenters. The topological polar surface area (TPSA) is 99.2 Å². The van der Waals surface area contributed by atoms with Crippen molar-refractivity contribution < 1.29 is 14.7 Å². The fraction of sp³-hybridized carbons (Fsp3) is 0.120. The summed E-state index contributed by atoms with van der Waals surface area (Å²) < 4.78 is 0. The number of hydrogen-bond donors (Lipinski definition) is 2. The molecule has 0 bridgehead atoms. The molecule has 0 saturated carbocycles. The van der Waals surface area contributed by atoms with Crippen LogP contribution in [0.4, 0.5) is 5.95 Å². The van der Waals surface area contributed by atoms with Crippen LogP contribution in [0, 0.1) is 0 Å². The molecule has 2 aromatic heterocycles. The number of anilines is 1. The lowest BCUT2D eigenvalue weighted by atomic mass is 9.96. The maximum Gasteiger partial charge on any atom is 0.302 e. The number of aromatic nitrogens is 3. The van der Waals surface area contributed by atoms with Crippen molar-refractivity contribution in [1.82, 2.24) is 15.0 Å². The van der Waals surface area contributed by atoms with Crippen molar-refractivity contribution in [2.45, 2.75) is 19.4 Å². The number of hydrogen-bond acceptors (Lipinski definition) is 5. The van der Waals surface area contributed by atoms with Crippen LogP contribution in [0.1, 0.15) is 29.7 Å². The minimum absolute atomic E-state index is 0.00713. The molecule has 0 radical (unpaired) electrons. The molecular weight excluding hydrogens is 404 g/mol. The number of carbonyl (C=O) groups excluding carboxylic acids is 2. The normalized spacial score (nSPS) is 17.9. The number of fused-ring (bicyclic) bond motifs is 1. The number of Topliss-reactive ketones (excluding diaryl/α,β-unsaturated/α-hetero) is 1. The molecule has 7 heteroatoms. The highest BCUT2D eigenvalue weighted by molar-refractivity contribution is 6.51. The molecule has 1 aliphatic rings. The number of para-hydroxylation sites is 2. The van der Waals surface area contributed by atoms with Gasteiger partial charge in [0.1, 0.15) is 5.76 Å². The van der Waals surface area contributed by atoms with Gasteiger partial charge in [0.2, 0.25) is 5.95 Å². The van der Waals surface area contributed by atoms with Gasteiger partial charge in [0.15, 0.2) is 0 Å². The van der Waals surface area contributed by atoms with Crippen molar-refractivity contribution in [2.24, 2.45) is 0 Å². The fourth-order valence-corrected chi connectivity index (χ4v) is 4.01. The number of carbonyl (C=O) groups is 2. The van der Waals surface area contributed by atoms with E-state index in [1.165, 1.54) is 4.90 Å². The van der Waals surface area contributed by atoms with E-state index < -0.39 is 17.7 Å². The third-order valence-corrected chi connectivity index (χ3v) is 5.69. The minimum atomic E-state index is -0.866. The van der Waals surface area contributed by atoms with Gasteiger partial charge in [-0.1, -0.05) is 49.4 Å². The van der Waals surface area contributed by atoms with Gasteiger partial charge in [-0.3, -0.25) is 19.5 Å². The minimum Gasteiger partial charge on any atom is -0.507 e. The van der Waals surface area contributed by atoms with E-state index in [-0.39, 0.29) is 17.3 Å². The lowest BCUT2D eigenvalue weighted by molar-refractivity contribution is -0.132. The van der Waals surface area contributed by atoms with Gasteiger partial charge in [0.25, 0.3) is 5.78 Å². The van der Waals surface area contributed by atoms with E-state index in [0.717, 1.165) is 17.5 Å². The van der Waals surface area contributed by atoms with Gasteiger partial charge in [-0.2, -0.15) is 0 Å². The van der Waals surface area contributed by atoms with Crippen LogP contribution < -0.4 is 4.90 Å². The smallest absolute Gasteiger partial charge is 0.302 e. The lowest BCUT2D eigenvalue weighted by Gasteiger charge is -2.22. The Balaban J connectivity index is 1.70. The third kappa shape index (κ3) is 3.15. The predicted molar refractivity (Wildman–Crippen MR) is 121 cm³/mol. The summed E-state index contributed by atoms with van der Waals surface area (Å²) in [6.07, 6.45) is 4.05. The van der Waals surface area contributed by atoms with Crippen LogP contribution in [0.25, 0.3) is 16.8 Å². The molecule has 1 amide bonds. The average Bonchev–Trinajstić information content (AvgIpc) is 3.38. The van der Waals surface area contributed by atoms with E-state index >= 15 is 0 Å². The van der Waals surface area contributed by atoms with Crippen LogP contribution in [0.3, 0.4) is 0 Å². The molecule has 0 aliphatic carbocycles. The number of nitrogens with zero attached hydrogens (tertiary/aromatic N) is 3. The highest BCUT2D eigenvalue weighted by atomic mass is 16.3. The Labute approximate surface area is 184 Å². The second kappa shape index (κ2) is 7.77. The molecule has 1 aliphatic heterocycles. The van der Waals surface area contributed by atoms with Crippen molar-refractivity contribution in [3.05, 3.63) is 95.3 Å². The highest BCUT2D eigenvalue weighted by Crippen LogP contribution is 2.41. The number of imidazole rings is 1. The summed E-state index contributed by atoms with van der Waals surface area (Å²) in [4.78, 5) is 39.4. The average molecular weight is 424 g/mol. The first kappa shape index (κ1) is 19.7. The molecule has 1 saturated heterocycles. The lowest BCUT2D eigenvalue weighted by Crippen LogP contribution is -2.30. The van der Waals surface area contributed by atoms with Gasteiger partial charge in [-0.25, -0.2) is 4.98 Å². The van der Waals surface area contributed by atoms with Crippen LogP contribution >= 0.6 is 0 Å². The number of pyridine rings is 1. The molecule has 1 unspecified atom stereocenters. The first-order valence-corrected chi connectivity index (χ1v) is 10.3. The largest absolute Gasteiger partial charge is 0.507 e. The third-order valence-electron chi connectivity index (χ3n) is 5.69. The Morgan fingerprint density at radius 3 is 2.53 bits per heavy atom. The number of rotatable bonds is 4. The standard InChI is InChI=1S/C25H20N4O3/c1-2-15-9-11-16(12-10-15)22(30)20-21(17-6-5-13-26-14-17)29(24(32)23(20)31)25-27-18-7-3-4-8-19(18)28-25/h3-14,21,30H,2H2,1H3,(H,27,28)/b22-20+. The number of aliphatic hydroxyl groups is 1. The van der Waals surface area contributed by atoms with E-state index in [1.54, 1.807) is 36.7 Å². The number of H-pyrrole nitrogens is 1. The zero-order valence-corrected chi connectivity index (χ0v) is 17.3. The number of ketones is 1. The number of aryl methyl sites for hydroxylation is 1. The van der Waals surface area contributed by atoms with Gasteiger partial charge in [0, 0.05) is 18.0 Å². The predicted octanol–water partition coefficient (Wildman–Crippen LogP) is 4.15. The van der Waals surface area contributed by atoms with Gasteiger partial charge in [-0.15, -0.1) is 0 Å². The van der Waals surface area contributed by atoms with Gasteiger partial charge in [-0.05, 0) is 35.7 Å². The van der Waals surface area contributed by atoms with Crippen molar-refractivity contribution in [1.29, 1.82) is 0 Å². The molecule has 3 heterocycles. The van der Waals surface area contributed by atoms with Gasteiger partial charge >= 0.3 is 5.91 Å². The fourth-order valence-electron chi connectivity index (χ4n) is 4.01. The number of nitrogens with one attached hydrogen (secondary N) is 1. The summed E-state index contributed by atoms with van der Waals surface area (Å²) in [5.41, 5.74) is 3.59. The summed E-state index contributed by atoms with van der Waals surface area (Å²) in [6.45, 7) is 2.04. The molecule has 158 valence electrons. The Kier molecular flexibility index (Phi) is 4.78. The zero-order valence-electron chi connectivity index (χ0n) is 17.3. The van der Waals surface area contributed by atoms with Crippen LogP contribution in [0.15, 0.2) is 78.6 Å². The van der Waals surface area contributed by atoms with Crippen LogP contribution in [0.2, 0.25) is 0 Å². The maximum atomic E-state index is 13.2. The van der Waals surface area contributed by atoms with Gasteiger partial charge < -0.3 is 10.1 Å². The second-order valence-corrected chi connectivity index (χ2v) is 7.58. The van der Waals surface area contributed by atoms with Crippen molar-refractivity contribution in [2.75, 3.05) is 4.90 Å². The quantitative estimate of drug-likeness (QED) is 0.291. The maximum absolute atomic E-state index is 13.2. The molecule has 4 aromatic rings.